The smallest absolute Gasteiger partial charge is 0.243 e. The molecule has 0 saturated heterocycles. The fourth-order valence-electron chi connectivity index (χ4n) is 2.95. The Morgan fingerprint density at radius 1 is 1.27 bits per heavy atom. The SMILES string of the molecule is C=CC(=O)NCc1cccc(C(C)Nc2cncc(-c3ccc(O)c(OC)c3)n2)c1. The van der Waals surface area contributed by atoms with Crippen molar-refractivity contribution in [3.8, 4) is 22.8 Å². The molecule has 1 atom stereocenters. The van der Waals surface area contributed by atoms with Gasteiger partial charge in [-0.05, 0) is 42.3 Å². The van der Waals surface area contributed by atoms with Gasteiger partial charge in [-0.3, -0.25) is 9.78 Å². The summed E-state index contributed by atoms with van der Waals surface area (Å²) in [5.74, 6) is 0.865. The molecule has 0 saturated carbocycles. The van der Waals surface area contributed by atoms with E-state index in [0.717, 1.165) is 16.7 Å². The zero-order valence-corrected chi connectivity index (χ0v) is 16.9. The number of carbonyl (C=O) groups excluding carboxylic acids is 1. The Labute approximate surface area is 175 Å². The van der Waals surface area contributed by atoms with E-state index in [-0.39, 0.29) is 17.7 Å². The van der Waals surface area contributed by atoms with E-state index >= 15 is 0 Å². The van der Waals surface area contributed by atoms with E-state index in [9.17, 15) is 9.90 Å². The van der Waals surface area contributed by atoms with Crippen LogP contribution in [0.5, 0.6) is 11.5 Å². The largest absolute Gasteiger partial charge is 0.504 e. The van der Waals surface area contributed by atoms with Crippen LogP contribution >= 0.6 is 0 Å². The first kappa shape index (κ1) is 20.9. The average molecular weight is 404 g/mol. The van der Waals surface area contributed by atoms with E-state index in [1.54, 1.807) is 30.6 Å². The molecular weight excluding hydrogens is 380 g/mol. The maximum absolute atomic E-state index is 11.4. The molecule has 3 aromatic rings. The van der Waals surface area contributed by atoms with Gasteiger partial charge in [-0.2, -0.15) is 0 Å². The van der Waals surface area contributed by atoms with Crippen LogP contribution in [0.25, 0.3) is 11.3 Å². The summed E-state index contributed by atoms with van der Waals surface area (Å²) < 4.78 is 5.17. The third kappa shape index (κ3) is 5.14. The number of nitrogens with zero attached hydrogens (tertiary/aromatic N) is 2. The van der Waals surface area contributed by atoms with Crippen molar-refractivity contribution in [2.45, 2.75) is 19.5 Å². The van der Waals surface area contributed by atoms with Crippen LogP contribution in [0.15, 0.2) is 67.5 Å². The standard InChI is InChI=1S/C23H24N4O3/c1-4-23(29)25-12-16-6-5-7-17(10-16)15(2)26-22-14-24-13-19(27-22)18-8-9-20(28)21(11-18)30-3/h4-11,13-15,28H,1,12H2,2-3H3,(H,25,29)(H,26,27). The van der Waals surface area contributed by atoms with Crippen molar-refractivity contribution >= 4 is 11.7 Å². The summed E-state index contributed by atoms with van der Waals surface area (Å²) in [4.78, 5) is 20.3. The Bertz CT molecular complexity index is 1050. The van der Waals surface area contributed by atoms with Gasteiger partial charge in [0.1, 0.15) is 5.82 Å². The molecule has 0 aliphatic rings. The molecule has 7 nitrogen and oxygen atoms in total. The highest BCUT2D eigenvalue weighted by Crippen LogP contribution is 2.31. The van der Waals surface area contributed by atoms with Crippen LogP contribution in [-0.4, -0.2) is 28.1 Å². The Hall–Kier alpha value is -3.87. The normalized spacial score (nSPS) is 11.4. The van der Waals surface area contributed by atoms with Crippen molar-refractivity contribution < 1.29 is 14.6 Å². The molecule has 1 heterocycles. The average Bonchev–Trinajstić information content (AvgIpc) is 2.78. The van der Waals surface area contributed by atoms with Crippen LogP contribution in [0.2, 0.25) is 0 Å². The molecule has 0 aliphatic carbocycles. The lowest BCUT2D eigenvalue weighted by atomic mass is 10.1. The van der Waals surface area contributed by atoms with Crippen LogP contribution in [0, 0.1) is 0 Å². The molecule has 1 unspecified atom stereocenters. The molecule has 0 radical (unpaired) electrons. The maximum atomic E-state index is 11.4. The minimum atomic E-state index is -0.204. The Kier molecular flexibility index (Phi) is 6.64. The highest BCUT2D eigenvalue weighted by Gasteiger charge is 2.10. The van der Waals surface area contributed by atoms with Crippen molar-refractivity contribution in [1.29, 1.82) is 0 Å². The molecule has 1 aromatic heterocycles. The Balaban J connectivity index is 1.75. The van der Waals surface area contributed by atoms with Crippen LogP contribution in [-0.2, 0) is 11.3 Å². The summed E-state index contributed by atoms with van der Waals surface area (Å²) in [5, 5.41) is 15.9. The molecule has 154 valence electrons. The number of amides is 1. The van der Waals surface area contributed by atoms with Crippen molar-refractivity contribution in [3.05, 3.63) is 78.6 Å². The van der Waals surface area contributed by atoms with Gasteiger partial charge in [0.15, 0.2) is 11.5 Å². The van der Waals surface area contributed by atoms with Gasteiger partial charge in [-0.1, -0.05) is 30.8 Å². The number of anilines is 1. The molecule has 1 amide bonds. The summed E-state index contributed by atoms with van der Waals surface area (Å²) in [6.45, 7) is 5.92. The van der Waals surface area contributed by atoms with E-state index in [2.05, 4.69) is 27.2 Å². The molecule has 0 bridgehead atoms. The second kappa shape index (κ2) is 9.56. The van der Waals surface area contributed by atoms with Gasteiger partial charge in [0.25, 0.3) is 0 Å². The number of benzene rings is 2. The number of aromatic nitrogens is 2. The number of hydrogen-bond donors (Lipinski definition) is 3. The molecule has 7 heteroatoms. The summed E-state index contributed by atoms with van der Waals surface area (Å²) in [5.41, 5.74) is 3.49. The summed E-state index contributed by atoms with van der Waals surface area (Å²) in [6, 6.07) is 13.0. The predicted octanol–water partition coefficient (Wildman–Crippen LogP) is 3.83. The van der Waals surface area contributed by atoms with Gasteiger partial charge < -0.3 is 20.5 Å². The second-order valence-corrected chi connectivity index (χ2v) is 6.71. The van der Waals surface area contributed by atoms with Crippen molar-refractivity contribution in [3.63, 3.8) is 0 Å². The van der Waals surface area contributed by atoms with Gasteiger partial charge >= 0.3 is 0 Å². The fraction of sp³-hybridized carbons (Fsp3) is 0.174. The maximum Gasteiger partial charge on any atom is 0.243 e. The van der Waals surface area contributed by atoms with Crippen LogP contribution in [0.3, 0.4) is 0 Å². The molecule has 0 spiro atoms. The quantitative estimate of drug-likeness (QED) is 0.494. The third-order valence-corrected chi connectivity index (χ3v) is 4.58. The topological polar surface area (TPSA) is 96.4 Å². The zero-order valence-electron chi connectivity index (χ0n) is 16.9. The molecule has 3 N–H and O–H groups in total. The number of phenolic OH excluding ortho intramolecular Hbond substituents is 1. The number of hydrogen-bond acceptors (Lipinski definition) is 6. The Morgan fingerprint density at radius 2 is 2.10 bits per heavy atom. The van der Waals surface area contributed by atoms with Gasteiger partial charge in [0.05, 0.1) is 31.2 Å². The first-order valence-electron chi connectivity index (χ1n) is 9.45. The van der Waals surface area contributed by atoms with Gasteiger partial charge in [0.2, 0.25) is 5.91 Å². The van der Waals surface area contributed by atoms with E-state index in [0.29, 0.717) is 23.8 Å². The number of aromatic hydroxyl groups is 1. The number of nitrogens with one attached hydrogen (secondary N) is 2. The van der Waals surface area contributed by atoms with Crippen molar-refractivity contribution in [2.24, 2.45) is 0 Å². The zero-order chi connectivity index (χ0) is 21.5. The van der Waals surface area contributed by atoms with Gasteiger partial charge in [-0.15, -0.1) is 0 Å². The molecule has 2 aromatic carbocycles. The lowest BCUT2D eigenvalue weighted by Crippen LogP contribution is -2.20. The molecule has 0 aliphatic heterocycles. The first-order chi connectivity index (χ1) is 14.5. The van der Waals surface area contributed by atoms with Crippen molar-refractivity contribution in [2.75, 3.05) is 12.4 Å². The summed E-state index contributed by atoms with van der Waals surface area (Å²) in [6.07, 6.45) is 4.57. The first-order valence-corrected chi connectivity index (χ1v) is 9.45. The molecular formula is C23H24N4O3. The number of ether oxygens (including phenoxy) is 1. The van der Waals surface area contributed by atoms with Crippen LogP contribution < -0.4 is 15.4 Å². The fourth-order valence-corrected chi connectivity index (χ4v) is 2.95. The highest BCUT2D eigenvalue weighted by atomic mass is 16.5. The van der Waals surface area contributed by atoms with Gasteiger partial charge in [0, 0.05) is 12.1 Å². The monoisotopic (exact) mass is 404 g/mol. The van der Waals surface area contributed by atoms with Crippen molar-refractivity contribution in [1.82, 2.24) is 15.3 Å². The lowest BCUT2D eigenvalue weighted by Gasteiger charge is -2.16. The van der Waals surface area contributed by atoms with Crippen LogP contribution in [0.1, 0.15) is 24.1 Å². The number of methoxy groups -OCH3 is 1. The van der Waals surface area contributed by atoms with Crippen LogP contribution in [0.4, 0.5) is 5.82 Å². The van der Waals surface area contributed by atoms with Gasteiger partial charge in [-0.25, -0.2) is 4.98 Å². The predicted molar refractivity (Wildman–Crippen MR) is 116 cm³/mol. The minimum Gasteiger partial charge on any atom is -0.504 e. The Morgan fingerprint density at radius 3 is 2.87 bits per heavy atom. The number of rotatable bonds is 8. The molecule has 3 rings (SSSR count). The lowest BCUT2D eigenvalue weighted by molar-refractivity contribution is -0.116. The number of phenols is 1. The number of carbonyl (C=O) groups is 1. The van der Waals surface area contributed by atoms with E-state index in [1.165, 1.54) is 13.2 Å². The molecule has 0 fully saturated rings. The summed E-state index contributed by atoms with van der Waals surface area (Å²) in [7, 11) is 1.50. The second-order valence-electron chi connectivity index (χ2n) is 6.71. The third-order valence-electron chi connectivity index (χ3n) is 4.58. The molecule has 30 heavy (non-hydrogen) atoms. The highest BCUT2D eigenvalue weighted by molar-refractivity contribution is 5.86. The van der Waals surface area contributed by atoms with E-state index < -0.39 is 0 Å². The van der Waals surface area contributed by atoms with E-state index in [4.69, 9.17) is 4.74 Å². The minimum absolute atomic E-state index is 0.0287. The summed E-state index contributed by atoms with van der Waals surface area (Å²) >= 11 is 0. The van der Waals surface area contributed by atoms with E-state index in [1.807, 2.05) is 31.2 Å².